The number of benzene rings is 3. The normalized spacial score (nSPS) is 11.7. The maximum atomic E-state index is 13.0. The van der Waals surface area contributed by atoms with Gasteiger partial charge in [-0.15, -0.1) is 0 Å². The van der Waals surface area contributed by atoms with Gasteiger partial charge in [-0.25, -0.2) is 0 Å². The van der Waals surface area contributed by atoms with Crippen molar-refractivity contribution < 1.29 is 9.59 Å². The molecule has 1 aromatic heterocycles. The van der Waals surface area contributed by atoms with Crippen LogP contribution in [0.3, 0.4) is 0 Å². The fraction of sp³-hybridized carbons (Fsp3) is 0.154. The Balaban J connectivity index is 1.42. The third-order valence-electron chi connectivity index (χ3n) is 5.31. The minimum Gasteiger partial charge on any atom is -0.361 e. The first-order valence-electron chi connectivity index (χ1n) is 10.4. The molecule has 0 fully saturated rings. The fourth-order valence-corrected chi connectivity index (χ4v) is 3.67. The van der Waals surface area contributed by atoms with Crippen LogP contribution < -0.4 is 10.6 Å². The van der Waals surface area contributed by atoms with Crippen molar-refractivity contribution in [1.82, 2.24) is 15.6 Å². The number of hydrogen-bond acceptors (Lipinski definition) is 2. The van der Waals surface area contributed by atoms with E-state index in [1.807, 2.05) is 72.9 Å². The first-order chi connectivity index (χ1) is 15.2. The number of para-hydroxylation sites is 1. The number of rotatable bonds is 8. The van der Waals surface area contributed by atoms with Gasteiger partial charge in [0.15, 0.2) is 0 Å². The molecular formula is C26H25N3O2. The zero-order valence-corrected chi connectivity index (χ0v) is 17.2. The summed E-state index contributed by atoms with van der Waals surface area (Å²) in [6.07, 6.45) is 3.12. The van der Waals surface area contributed by atoms with Gasteiger partial charge >= 0.3 is 0 Å². The second kappa shape index (κ2) is 9.76. The molecular weight excluding hydrogens is 386 g/mol. The highest BCUT2D eigenvalue weighted by atomic mass is 16.2. The Labute approximate surface area is 181 Å². The third kappa shape index (κ3) is 5.20. The lowest BCUT2D eigenvalue weighted by atomic mass is 10.0. The van der Waals surface area contributed by atoms with E-state index in [4.69, 9.17) is 0 Å². The number of aromatic nitrogens is 1. The largest absolute Gasteiger partial charge is 0.361 e. The van der Waals surface area contributed by atoms with E-state index in [2.05, 4.69) is 21.7 Å². The maximum absolute atomic E-state index is 13.0. The standard InChI is InChI=1S/C26H25N3O2/c30-25(20-11-5-2-6-12-20)29-24(17-19-9-3-1-4-10-19)26(31)27-16-15-21-18-28-23-14-8-7-13-22(21)23/h1-14,18,24,28H,15-17H2,(H,27,31)(H,29,30). The van der Waals surface area contributed by atoms with Crippen molar-refractivity contribution in [3.8, 4) is 0 Å². The second-order valence-electron chi connectivity index (χ2n) is 7.48. The van der Waals surface area contributed by atoms with Crippen LogP contribution in [0.2, 0.25) is 0 Å². The van der Waals surface area contributed by atoms with Crippen molar-refractivity contribution >= 4 is 22.7 Å². The highest BCUT2D eigenvalue weighted by Gasteiger charge is 2.21. The van der Waals surface area contributed by atoms with E-state index in [-0.39, 0.29) is 11.8 Å². The Morgan fingerprint density at radius 1 is 0.839 bits per heavy atom. The van der Waals surface area contributed by atoms with Gasteiger partial charge in [0.1, 0.15) is 6.04 Å². The predicted octanol–water partition coefficient (Wildman–Crippen LogP) is 3.87. The number of aromatic amines is 1. The molecule has 1 heterocycles. The molecule has 0 aliphatic carbocycles. The third-order valence-corrected chi connectivity index (χ3v) is 5.31. The molecule has 31 heavy (non-hydrogen) atoms. The number of carbonyl (C=O) groups is 2. The molecule has 5 nitrogen and oxygen atoms in total. The molecule has 4 aromatic rings. The van der Waals surface area contributed by atoms with Gasteiger partial charge in [-0.2, -0.15) is 0 Å². The van der Waals surface area contributed by atoms with Crippen LogP contribution in [-0.2, 0) is 17.6 Å². The Morgan fingerprint density at radius 2 is 1.52 bits per heavy atom. The highest BCUT2D eigenvalue weighted by Crippen LogP contribution is 2.17. The van der Waals surface area contributed by atoms with Crippen molar-refractivity contribution in [3.63, 3.8) is 0 Å². The molecule has 0 bridgehead atoms. The van der Waals surface area contributed by atoms with Gasteiger partial charge < -0.3 is 15.6 Å². The van der Waals surface area contributed by atoms with Gasteiger partial charge in [-0.3, -0.25) is 9.59 Å². The minimum absolute atomic E-state index is 0.187. The Bertz CT molecular complexity index is 1150. The zero-order chi connectivity index (χ0) is 21.5. The van der Waals surface area contributed by atoms with E-state index in [0.29, 0.717) is 24.9 Å². The molecule has 3 N–H and O–H groups in total. The smallest absolute Gasteiger partial charge is 0.251 e. The summed E-state index contributed by atoms with van der Waals surface area (Å²) in [5, 5.41) is 7.05. The topological polar surface area (TPSA) is 74.0 Å². The van der Waals surface area contributed by atoms with Crippen molar-refractivity contribution in [1.29, 1.82) is 0 Å². The summed E-state index contributed by atoms with van der Waals surface area (Å²) >= 11 is 0. The van der Waals surface area contributed by atoms with Gasteiger partial charge in [-0.1, -0.05) is 66.7 Å². The van der Waals surface area contributed by atoms with E-state index in [1.54, 1.807) is 12.1 Å². The van der Waals surface area contributed by atoms with Crippen molar-refractivity contribution in [2.24, 2.45) is 0 Å². The average molecular weight is 412 g/mol. The van der Waals surface area contributed by atoms with Crippen LogP contribution in [0.5, 0.6) is 0 Å². The Kier molecular flexibility index (Phi) is 6.43. The summed E-state index contributed by atoms with van der Waals surface area (Å²) in [5.41, 5.74) is 3.77. The summed E-state index contributed by atoms with van der Waals surface area (Å²) in [7, 11) is 0. The van der Waals surface area contributed by atoms with Gasteiger partial charge in [0.25, 0.3) is 5.91 Å². The van der Waals surface area contributed by atoms with Gasteiger partial charge in [0, 0.05) is 35.6 Å². The van der Waals surface area contributed by atoms with Crippen LogP contribution in [0.1, 0.15) is 21.5 Å². The predicted molar refractivity (Wildman–Crippen MR) is 123 cm³/mol. The van der Waals surface area contributed by atoms with E-state index < -0.39 is 6.04 Å². The van der Waals surface area contributed by atoms with Crippen molar-refractivity contribution in [2.45, 2.75) is 18.9 Å². The van der Waals surface area contributed by atoms with Gasteiger partial charge in [0.05, 0.1) is 0 Å². The number of H-pyrrole nitrogens is 1. The summed E-state index contributed by atoms with van der Waals surface area (Å²) in [6.45, 7) is 0.493. The molecule has 0 saturated heterocycles. The number of hydrogen-bond donors (Lipinski definition) is 3. The van der Waals surface area contributed by atoms with Gasteiger partial charge in [0.2, 0.25) is 5.91 Å². The molecule has 0 aliphatic heterocycles. The lowest BCUT2D eigenvalue weighted by Crippen LogP contribution is -2.48. The van der Waals surface area contributed by atoms with Crippen LogP contribution in [0.4, 0.5) is 0 Å². The number of carbonyl (C=O) groups excluding carboxylic acids is 2. The molecule has 0 saturated carbocycles. The first kappa shape index (κ1) is 20.4. The molecule has 2 amide bonds. The molecule has 0 aliphatic rings. The van der Waals surface area contributed by atoms with Crippen LogP contribution in [0.25, 0.3) is 10.9 Å². The van der Waals surface area contributed by atoms with Crippen molar-refractivity contribution in [2.75, 3.05) is 6.54 Å². The molecule has 5 heteroatoms. The van der Waals surface area contributed by atoms with Crippen LogP contribution >= 0.6 is 0 Å². The quantitative estimate of drug-likeness (QED) is 0.412. The van der Waals surface area contributed by atoms with Crippen LogP contribution in [0, 0.1) is 0 Å². The second-order valence-corrected chi connectivity index (χ2v) is 7.48. The zero-order valence-electron chi connectivity index (χ0n) is 17.2. The highest BCUT2D eigenvalue weighted by molar-refractivity contribution is 5.97. The van der Waals surface area contributed by atoms with E-state index in [0.717, 1.165) is 22.0 Å². The van der Waals surface area contributed by atoms with Gasteiger partial charge in [-0.05, 0) is 35.7 Å². The number of fused-ring (bicyclic) bond motifs is 1. The molecule has 4 rings (SSSR count). The SMILES string of the molecule is O=C(NC(Cc1ccccc1)C(=O)NCCc1c[nH]c2ccccc12)c1ccccc1. The summed E-state index contributed by atoms with van der Waals surface area (Å²) < 4.78 is 0. The lowest BCUT2D eigenvalue weighted by molar-refractivity contribution is -0.122. The minimum atomic E-state index is -0.655. The summed E-state index contributed by atoms with van der Waals surface area (Å²) in [4.78, 5) is 28.9. The Hall–Kier alpha value is -3.86. The molecule has 156 valence electrons. The molecule has 1 atom stereocenters. The van der Waals surface area contributed by atoms with Crippen LogP contribution in [-0.4, -0.2) is 29.4 Å². The van der Waals surface area contributed by atoms with E-state index in [9.17, 15) is 9.59 Å². The number of nitrogens with one attached hydrogen (secondary N) is 3. The summed E-state index contributed by atoms with van der Waals surface area (Å²) in [5.74, 6) is -0.443. The van der Waals surface area contributed by atoms with E-state index in [1.165, 1.54) is 0 Å². The fourth-order valence-electron chi connectivity index (χ4n) is 3.67. The van der Waals surface area contributed by atoms with Crippen molar-refractivity contribution in [3.05, 3.63) is 108 Å². The van der Waals surface area contributed by atoms with E-state index >= 15 is 0 Å². The molecule has 1 unspecified atom stereocenters. The molecule has 0 spiro atoms. The summed E-state index contributed by atoms with van der Waals surface area (Å²) in [6, 6.07) is 26.1. The molecule has 0 radical (unpaired) electrons. The maximum Gasteiger partial charge on any atom is 0.251 e. The first-order valence-corrected chi connectivity index (χ1v) is 10.4. The van der Waals surface area contributed by atoms with Crippen LogP contribution in [0.15, 0.2) is 91.1 Å². The monoisotopic (exact) mass is 411 g/mol. The average Bonchev–Trinajstić information content (AvgIpc) is 3.23. The Morgan fingerprint density at radius 3 is 2.29 bits per heavy atom. The number of amides is 2. The lowest BCUT2D eigenvalue weighted by Gasteiger charge is -2.19. The molecule has 3 aromatic carbocycles.